The number of rotatable bonds is 0. The van der Waals surface area contributed by atoms with Crippen LogP contribution in [-0.4, -0.2) is 0 Å². The van der Waals surface area contributed by atoms with Crippen LogP contribution >= 0.6 is 0 Å². The number of aryl methyl sites for hydroxylation is 1. The molecule has 0 bridgehead atoms. The maximum Gasteiger partial charge on any atom is 0.0148 e. The predicted molar refractivity (Wildman–Crippen MR) is 78.5 cm³/mol. The summed E-state index contributed by atoms with van der Waals surface area (Å²) in [6.45, 7) is 6.68. The fraction of sp³-hybridized carbons (Fsp3) is 0.333. The summed E-state index contributed by atoms with van der Waals surface area (Å²) >= 11 is 0. The van der Waals surface area contributed by atoms with E-state index in [1.807, 2.05) is 6.08 Å². The Morgan fingerprint density at radius 3 is 2.61 bits per heavy atom. The van der Waals surface area contributed by atoms with Crippen molar-refractivity contribution in [2.45, 2.75) is 39.0 Å². The first-order valence-electron chi connectivity index (χ1n) is 6.52. The van der Waals surface area contributed by atoms with E-state index in [4.69, 9.17) is 6.42 Å². The average molecular weight is 236 g/mol. The van der Waals surface area contributed by atoms with Gasteiger partial charge >= 0.3 is 0 Å². The molecule has 0 fully saturated rings. The highest BCUT2D eigenvalue weighted by Crippen LogP contribution is 2.41. The van der Waals surface area contributed by atoms with Gasteiger partial charge in [0.05, 0.1) is 0 Å². The monoisotopic (exact) mass is 236 g/mol. The highest BCUT2D eigenvalue weighted by molar-refractivity contribution is 5.52. The zero-order chi connectivity index (χ0) is 13.2. The lowest BCUT2D eigenvalue weighted by molar-refractivity contribution is 0.630. The third-order valence-corrected chi connectivity index (χ3v) is 3.92. The summed E-state index contributed by atoms with van der Waals surface area (Å²) in [6, 6.07) is 8.74. The Hall–Kier alpha value is -1.74. The average Bonchev–Trinajstić information content (AvgIpc) is 2.46. The van der Waals surface area contributed by atoms with E-state index in [1.165, 1.54) is 22.3 Å². The predicted octanol–water partition coefficient (Wildman–Crippen LogP) is 4.42. The highest BCUT2D eigenvalue weighted by atomic mass is 14.3. The molecule has 0 aromatic heterocycles. The quantitative estimate of drug-likeness (QED) is 0.462. The number of fused-ring (bicyclic) bond motifs is 1. The van der Waals surface area contributed by atoms with Gasteiger partial charge in [-0.1, -0.05) is 50.1 Å². The third kappa shape index (κ3) is 2.02. The molecule has 0 heterocycles. The van der Waals surface area contributed by atoms with Gasteiger partial charge in [0.1, 0.15) is 0 Å². The van der Waals surface area contributed by atoms with Gasteiger partial charge in [0.2, 0.25) is 0 Å². The summed E-state index contributed by atoms with van der Waals surface area (Å²) in [6.07, 6.45) is 11.7. The van der Waals surface area contributed by atoms with Gasteiger partial charge < -0.3 is 0 Å². The van der Waals surface area contributed by atoms with Crippen LogP contribution < -0.4 is 0 Å². The lowest BCUT2D eigenvalue weighted by atomic mass is 9.74. The van der Waals surface area contributed by atoms with Crippen LogP contribution in [0.5, 0.6) is 0 Å². The van der Waals surface area contributed by atoms with Gasteiger partial charge in [-0.25, -0.2) is 0 Å². The summed E-state index contributed by atoms with van der Waals surface area (Å²) in [7, 11) is 0. The smallest absolute Gasteiger partial charge is 0.0148 e. The van der Waals surface area contributed by atoms with Crippen LogP contribution in [0.2, 0.25) is 0 Å². The van der Waals surface area contributed by atoms with E-state index in [0.717, 1.165) is 12.8 Å². The Labute approximate surface area is 110 Å². The van der Waals surface area contributed by atoms with Crippen LogP contribution in [0.15, 0.2) is 47.6 Å². The second-order valence-electron chi connectivity index (χ2n) is 5.32. The molecule has 0 aliphatic heterocycles. The van der Waals surface area contributed by atoms with Crippen molar-refractivity contribution in [2.24, 2.45) is 0 Å². The van der Waals surface area contributed by atoms with E-state index < -0.39 is 0 Å². The minimum atomic E-state index is 0.0323. The molecular weight excluding hydrogens is 216 g/mol. The summed E-state index contributed by atoms with van der Waals surface area (Å²) in [5, 5.41) is 0. The molecule has 2 rings (SSSR count). The van der Waals surface area contributed by atoms with E-state index in [9.17, 15) is 0 Å². The third-order valence-electron chi connectivity index (χ3n) is 3.92. The molecule has 0 nitrogen and oxygen atoms in total. The van der Waals surface area contributed by atoms with Gasteiger partial charge in [-0.05, 0) is 48.1 Å². The molecule has 1 aliphatic carbocycles. The van der Waals surface area contributed by atoms with E-state index in [1.54, 1.807) is 0 Å². The van der Waals surface area contributed by atoms with E-state index in [2.05, 4.69) is 57.0 Å². The molecule has 0 heteroatoms. The van der Waals surface area contributed by atoms with Crippen molar-refractivity contribution < 1.29 is 0 Å². The van der Waals surface area contributed by atoms with E-state index in [-0.39, 0.29) is 5.41 Å². The molecule has 0 unspecified atom stereocenters. The largest absolute Gasteiger partial charge is 0.115 e. The summed E-state index contributed by atoms with van der Waals surface area (Å²) in [5.74, 6) is 2.69. The zero-order valence-corrected chi connectivity index (χ0v) is 11.5. The number of allylic oxidation sites excluding steroid dienone is 4. The zero-order valence-electron chi connectivity index (χ0n) is 11.5. The van der Waals surface area contributed by atoms with Crippen LogP contribution in [-0.2, 0) is 11.8 Å². The molecule has 0 spiro atoms. The summed E-state index contributed by atoms with van der Waals surface area (Å²) < 4.78 is 0. The van der Waals surface area contributed by atoms with Gasteiger partial charge in [-0.15, -0.1) is 6.42 Å². The van der Waals surface area contributed by atoms with Crippen molar-refractivity contribution in [3.8, 4) is 12.3 Å². The number of benzene rings is 1. The maximum absolute atomic E-state index is 5.47. The van der Waals surface area contributed by atoms with Crippen LogP contribution in [0, 0.1) is 12.3 Å². The van der Waals surface area contributed by atoms with E-state index >= 15 is 0 Å². The van der Waals surface area contributed by atoms with Crippen molar-refractivity contribution in [3.05, 3.63) is 58.7 Å². The van der Waals surface area contributed by atoms with Crippen LogP contribution in [0.25, 0.3) is 0 Å². The van der Waals surface area contributed by atoms with Crippen LogP contribution in [0.4, 0.5) is 0 Å². The van der Waals surface area contributed by atoms with Gasteiger partial charge in [0.25, 0.3) is 0 Å². The first kappa shape index (κ1) is 12.7. The SMILES string of the molecule is C#C/C=C1/CCc2ccccc2C(C)(C)/C1=C/C. The minimum Gasteiger partial charge on any atom is -0.115 e. The Balaban J connectivity index is 2.64. The fourth-order valence-corrected chi connectivity index (χ4v) is 3.10. The van der Waals surface area contributed by atoms with Crippen molar-refractivity contribution >= 4 is 0 Å². The molecule has 0 atom stereocenters. The van der Waals surface area contributed by atoms with Crippen molar-refractivity contribution in [3.63, 3.8) is 0 Å². The molecule has 0 saturated heterocycles. The topological polar surface area (TPSA) is 0 Å². The maximum atomic E-state index is 5.47. The van der Waals surface area contributed by atoms with Gasteiger partial charge in [-0.2, -0.15) is 0 Å². The second kappa shape index (κ2) is 4.86. The molecular formula is C18H20. The molecule has 18 heavy (non-hydrogen) atoms. The molecule has 92 valence electrons. The minimum absolute atomic E-state index is 0.0323. The highest BCUT2D eigenvalue weighted by Gasteiger charge is 2.31. The van der Waals surface area contributed by atoms with Gasteiger partial charge in [0, 0.05) is 5.41 Å². The van der Waals surface area contributed by atoms with Crippen molar-refractivity contribution in [1.29, 1.82) is 0 Å². The lowest BCUT2D eigenvalue weighted by Crippen LogP contribution is -2.21. The first-order valence-corrected chi connectivity index (χ1v) is 6.52. The normalized spacial score (nSPS) is 22.3. The van der Waals surface area contributed by atoms with Crippen LogP contribution in [0.1, 0.15) is 38.3 Å². The lowest BCUT2D eigenvalue weighted by Gasteiger charge is -2.29. The van der Waals surface area contributed by atoms with Gasteiger partial charge in [-0.3, -0.25) is 0 Å². The van der Waals surface area contributed by atoms with Crippen molar-refractivity contribution in [1.82, 2.24) is 0 Å². The number of hydrogen-bond donors (Lipinski definition) is 0. The van der Waals surface area contributed by atoms with E-state index in [0.29, 0.717) is 0 Å². The molecule has 1 aromatic carbocycles. The Kier molecular flexibility index (Phi) is 3.43. The molecule has 1 aliphatic rings. The second-order valence-corrected chi connectivity index (χ2v) is 5.32. The molecule has 0 saturated carbocycles. The molecule has 0 amide bonds. The van der Waals surface area contributed by atoms with Crippen molar-refractivity contribution in [2.75, 3.05) is 0 Å². The summed E-state index contributed by atoms with van der Waals surface area (Å²) in [5.41, 5.74) is 5.58. The van der Waals surface area contributed by atoms with Crippen LogP contribution in [0.3, 0.4) is 0 Å². The summed E-state index contributed by atoms with van der Waals surface area (Å²) in [4.78, 5) is 0. The Bertz CT molecular complexity index is 548. The number of terminal acetylenes is 1. The molecule has 0 radical (unpaired) electrons. The molecule has 0 N–H and O–H groups in total. The number of hydrogen-bond acceptors (Lipinski definition) is 0. The molecule has 1 aromatic rings. The first-order chi connectivity index (χ1) is 8.61. The van der Waals surface area contributed by atoms with Gasteiger partial charge in [0.15, 0.2) is 0 Å². The Morgan fingerprint density at radius 1 is 1.22 bits per heavy atom. The Morgan fingerprint density at radius 2 is 1.94 bits per heavy atom. The standard InChI is InChI=1S/C18H20/c1-5-9-14-12-13-15-10-7-8-11-17(15)18(3,4)16(14)6-2/h1,6-11H,12-13H2,2-4H3/b14-9-,16-6+. The fourth-order valence-electron chi connectivity index (χ4n) is 3.10.